The maximum absolute atomic E-state index is 5.77. The molecule has 1 aliphatic carbocycles. The topological polar surface area (TPSA) is 34.1 Å². The number of hydrogen-bond donors (Lipinski definition) is 1. The molecule has 2 fully saturated rings. The van der Waals surface area contributed by atoms with Crippen molar-refractivity contribution in [2.24, 2.45) is 0 Å². The molecule has 1 aliphatic heterocycles. The first-order valence-electron chi connectivity index (χ1n) is 5.70. The van der Waals surface area contributed by atoms with Gasteiger partial charge in [0.15, 0.2) is 0 Å². The molecule has 1 aromatic rings. The Morgan fingerprint density at radius 2 is 2.40 bits per heavy atom. The van der Waals surface area contributed by atoms with Crippen molar-refractivity contribution < 1.29 is 4.74 Å². The fourth-order valence-corrected chi connectivity index (χ4v) is 2.84. The van der Waals surface area contributed by atoms with Crippen molar-refractivity contribution >= 4 is 11.3 Å². The van der Waals surface area contributed by atoms with Gasteiger partial charge >= 0.3 is 0 Å². The van der Waals surface area contributed by atoms with Crippen molar-refractivity contribution in [2.75, 3.05) is 6.61 Å². The van der Waals surface area contributed by atoms with Crippen molar-refractivity contribution in [2.45, 2.75) is 43.9 Å². The highest BCUT2D eigenvalue weighted by molar-refractivity contribution is 7.09. The van der Waals surface area contributed by atoms with Gasteiger partial charge in [0.2, 0.25) is 0 Å². The highest BCUT2D eigenvalue weighted by Gasteiger charge is 2.33. The molecule has 3 nitrogen and oxygen atoms in total. The van der Waals surface area contributed by atoms with Gasteiger partial charge in [-0.1, -0.05) is 0 Å². The van der Waals surface area contributed by atoms with Gasteiger partial charge in [0.05, 0.1) is 12.1 Å². The van der Waals surface area contributed by atoms with Gasteiger partial charge in [0.1, 0.15) is 5.01 Å². The smallest absolute Gasteiger partial charge is 0.112 e. The Bertz CT molecular complexity index is 304. The lowest BCUT2D eigenvalue weighted by molar-refractivity contribution is 0.0774. The third-order valence-corrected chi connectivity index (χ3v) is 3.91. The standard InChI is InChI=1S/C11H16N2OS/c1-2-9(14-6-1)10(13-8-3-4-8)11-12-5-7-15-11/h5,7-10,13H,1-4,6H2. The summed E-state index contributed by atoms with van der Waals surface area (Å²) in [7, 11) is 0. The minimum Gasteiger partial charge on any atom is -0.376 e. The van der Waals surface area contributed by atoms with Gasteiger partial charge in [-0.3, -0.25) is 0 Å². The Kier molecular flexibility index (Phi) is 2.73. The molecule has 3 rings (SSSR count). The molecule has 2 aliphatic rings. The van der Waals surface area contributed by atoms with E-state index < -0.39 is 0 Å². The summed E-state index contributed by atoms with van der Waals surface area (Å²) in [5.41, 5.74) is 0. The third kappa shape index (κ3) is 2.22. The van der Waals surface area contributed by atoms with Gasteiger partial charge in [-0.25, -0.2) is 4.98 Å². The fraction of sp³-hybridized carbons (Fsp3) is 0.727. The summed E-state index contributed by atoms with van der Waals surface area (Å²) >= 11 is 1.73. The zero-order valence-electron chi connectivity index (χ0n) is 8.69. The Balaban J connectivity index is 1.74. The second-order valence-corrected chi connectivity index (χ2v) is 5.27. The summed E-state index contributed by atoms with van der Waals surface area (Å²) < 4.78 is 5.77. The van der Waals surface area contributed by atoms with Gasteiger partial charge in [-0.15, -0.1) is 11.3 Å². The van der Waals surface area contributed by atoms with E-state index in [-0.39, 0.29) is 0 Å². The SMILES string of the molecule is c1csc(C(NC2CC2)C2CCCO2)n1. The van der Waals surface area contributed by atoms with Gasteiger partial charge in [0, 0.05) is 24.2 Å². The number of aromatic nitrogens is 1. The second kappa shape index (κ2) is 4.20. The van der Waals surface area contributed by atoms with E-state index >= 15 is 0 Å². The molecule has 82 valence electrons. The first-order valence-corrected chi connectivity index (χ1v) is 6.58. The van der Waals surface area contributed by atoms with Crippen LogP contribution >= 0.6 is 11.3 Å². The molecule has 2 atom stereocenters. The molecule has 2 unspecified atom stereocenters. The molecule has 0 spiro atoms. The number of rotatable bonds is 4. The van der Waals surface area contributed by atoms with E-state index in [9.17, 15) is 0 Å². The van der Waals surface area contributed by atoms with Crippen molar-refractivity contribution in [1.29, 1.82) is 0 Å². The lowest BCUT2D eigenvalue weighted by atomic mass is 10.1. The van der Waals surface area contributed by atoms with Crippen molar-refractivity contribution in [3.63, 3.8) is 0 Å². The molecule has 1 aromatic heterocycles. The zero-order valence-corrected chi connectivity index (χ0v) is 9.50. The van der Waals surface area contributed by atoms with Gasteiger partial charge < -0.3 is 10.1 Å². The molecule has 2 heterocycles. The van der Waals surface area contributed by atoms with Crippen LogP contribution in [0.15, 0.2) is 11.6 Å². The van der Waals surface area contributed by atoms with Crippen LogP contribution in [0.1, 0.15) is 36.7 Å². The van der Waals surface area contributed by atoms with E-state index in [4.69, 9.17) is 4.74 Å². The molecular formula is C11H16N2OS. The summed E-state index contributed by atoms with van der Waals surface area (Å²) in [5, 5.41) is 6.89. The number of hydrogen-bond acceptors (Lipinski definition) is 4. The molecular weight excluding hydrogens is 208 g/mol. The Labute approximate surface area is 93.9 Å². The monoisotopic (exact) mass is 224 g/mol. The zero-order chi connectivity index (χ0) is 10.1. The number of thiazole rings is 1. The number of nitrogens with one attached hydrogen (secondary N) is 1. The van der Waals surface area contributed by atoms with Crippen LogP contribution in [-0.2, 0) is 4.74 Å². The number of nitrogens with zero attached hydrogens (tertiary/aromatic N) is 1. The average Bonchev–Trinajstić information content (AvgIpc) is 2.77. The maximum Gasteiger partial charge on any atom is 0.112 e. The Morgan fingerprint density at radius 3 is 3.00 bits per heavy atom. The van der Waals surface area contributed by atoms with Crippen molar-refractivity contribution in [3.8, 4) is 0 Å². The van der Waals surface area contributed by atoms with Crippen LogP contribution in [-0.4, -0.2) is 23.7 Å². The van der Waals surface area contributed by atoms with Crippen LogP contribution < -0.4 is 5.32 Å². The normalized spacial score (nSPS) is 28.1. The largest absolute Gasteiger partial charge is 0.376 e. The second-order valence-electron chi connectivity index (χ2n) is 4.34. The van der Waals surface area contributed by atoms with Gasteiger partial charge in [-0.2, -0.15) is 0 Å². The molecule has 1 saturated carbocycles. The molecule has 0 radical (unpaired) electrons. The predicted octanol–water partition coefficient (Wildman–Crippen LogP) is 2.12. The van der Waals surface area contributed by atoms with Crippen molar-refractivity contribution in [3.05, 3.63) is 16.6 Å². The molecule has 1 N–H and O–H groups in total. The van der Waals surface area contributed by atoms with Crippen LogP contribution in [0.4, 0.5) is 0 Å². The maximum atomic E-state index is 5.77. The quantitative estimate of drug-likeness (QED) is 0.850. The van der Waals surface area contributed by atoms with Gasteiger partial charge in [-0.05, 0) is 25.7 Å². The molecule has 1 saturated heterocycles. The molecule has 15 heavy (non-hydrogen) atoms. The average molecular weight is 224 g/mol. The molecule has 0 bridgehead atoms. The molecule has 0 aromatic carbocycles. The highest BCUT2D eigenvalue weighted by Crippen LogP contribution is 2.32. The van der Waals surface area contributed by atoms with Crippen LogP contribution in [0.2, 0.25) is 0 Å². The first kappa shape index (κ1) is 9.75. The highest BCUT2D eigenvalue weighted by atomic mass is 32.1. The van der Waals surface area contributed by atoms with E-state index in [0.29, 0.717) is 18.2 Å². The Hall–Kier alpha value is -0.450. The van der Waals surface area contributed by atoms with Crippen LogP contribution in [0, 0.1) is 0 Å². The van der Waals surface area contributed by atoms with E-state index in [1.54, 1.807) is 11.3 Å². The lowest BCUT2D eigenvalue weighted by Crippen LogP contribution is -2.33. The van der Waals surface area contributed by atoms with E-state index in [1.165, 1.54) is 30.7 Å². The van der Waals surface area contributed by atoms with E-state index in [0.717, 1.165) is 6.61 Å². The summed E-state index contributed by atoms with van der Waals surface area (Å²) in [6.07, 6.45) is 7.22. The minimum absolute atomic E-state index is 0.333. The van der Waals surface area contributed by atoms with Gasteiger partial charge in [0.25, 0.3) is 0 Å². The van der Waals surface area contributed by atoms with Crippen LogP contribution in [0.25, 0.3) is 0 Å². The Morgan fingerprint density at radius 1 is 1.47 bits per heavy atom. The minimum atomic E-state index is 0.333. The van der Waals surface area contributed by atoms with E-state index in [2.05, 4.69) is 10.3 Å². The number of ether oxygens (including phenoxy) is 1. The van der Waals surface area contributed by atoms with Crippen LogP contribution in [0.5, 0.6) is 0 Å². The molecule has 4 heteroatoms. The fourth-order valence-electron chi connectivity index (χ4n) is 2.10. The van der Waals surface area contributed by atoms with E-state index in [1.807, 2.05) is 11.6 Å². The lowest BCUT2D eigenvalue weighted by Gasteiger charge is -2.22. The predicted molar refractivity (Wildman–Crippen MR) is 60.0 cm³/mol. The summed E-state index contributed by atoms with van der Waals surface area (Å²) in [6, 6.07) is 1.04. The summed E-state index contributed by atoms with van der Waals surface area (Å²) in [5.74, 6) is 0. The first-order chi connectivity index (χ1) is 7.43. The van der Waals surface area contributed by atoms with Crippen LogP contribution in [0.3, 0.4) is 0 Å². The summed E-state index contributed by atoms with van der Waals surface area (Å²) in [6.45, 7) is 0.916. The third-order valence-electron chi connectivity index (χ3n) is 3.05. The molecule has 0 amide bonds. The van der Waals surface area contributed by atoms with Crippen molar-refractivity contribution in [1.82, 2.24) is 10.3 Å². The summed E-state index contributed by atoms with van der Waals surface area (Å²) in [4.78, 5) is 4.42.